The van der Waals surface area contributed by atoms with E-state index >= 15 is 0 Å². The second-order valence-corrected chi connectivity index (χ2v) is 7.59. The lowest BCUT2D eigenvalue weighted by atomic mass is 9.75. The summed E-state index contributed by atoms with van der Waals surface area (Å²) < 4.78 is 5.84. The van der Waals surface area contributed by atoms with Gasteiger partial charge in [-0.3, -0.25) is 25.4 Å². The first-order valence-corrected chi connectivity index (χ1v) is 8.97. The molecule has 2 aromatic rings. The summed E-state index contributed by atoms with van der Waals surface area (Å²) in [6.07, 6.45) is 4.22. The minimum Gasteiger partial charge on any atom is -0.455 e. The number of nitrogens with two attached hydrogens (primary N) is 2. The topological polar surface area (TPSA) is 161 Å². The van der Waals surface area contributed by atoms with Crippen LogP contribution in [0.25, 0.3) is 0 Å². The number of nitrogens with zero attached hydrogens (tertiary/aromatic N) is 3. The maximum Gasteiger partial charge on any atom is 0.305 e. The fourth-order valence-electron chi connectivity index (χ4n) is 3.28. The van der Waals surface area contributed by atoms with E-state index < -0.39 is 11.8 Å². The zero-order valence-corrected chi connectivity index (χ0v) is 16.4. The molecule has 0 fully saturated rings. The van der Waals surface area contributed by atoms with Crippen LogP contribution in [0.15, 0.2) is 39.1 Å². The highest BCUT2D eigenvalue weighted by Gasteiger charge is 2.36. The first kappa shape index (κ1) is 20.1. The van der Waals surface area contributed by atoms with Crippen molar-refractivity contribution in [2.24, 2.45) is 27.1 Å². The zero-order chi connectivity index (χ0) is 21.2. The van der Waals surface area contributed by atoms with Gasteiger partial charge in [-0.15, -0.1) is 5.10 Å². The van der Waals surface area contributed by atoms with Gasteiger partial charge in [0.2, 0.25) is 5.96 Å². The van der Waals surface area contributed by atoms with E-state index in [2.05, 4.69) is 39.9 Å². The number of guanidine groups is 1. The predicted molar refractivity (Wildman–Crippen MR) is 107 cm³/mol. The summed E-state index contributed by atoms with van der Waals surface area (Å²) in [5.41, 5.74) is 17.7. The number of furan rings is 1. The monoisotopic (exact) mass is 397 g/mol. The molecule has 0 saturated heterocycles. The van der Waals surface area contributed by atoms with Gasteiger partial charge >= 0.3 is 5.91 Å². The number of hydrogen-bond acceptors (Lipinski definition) is 6. The van der Waals surface area contributed by atoms with E-state index in [1.54, 1.807) is 6.92 Å². The highest BCUT2D eigenvalue weighted by molar-refractivity contribution is 6.07. The average Bonchev–Trinajstić information content (AvgIpc) is 2.99. The summed E-state index contributed by atoms with van der Waals surface area (Å²) >= 11 is 0. The number of hydrogen-bond donors (Lipinski definition) is 4. The van der Waals surface area contributed by atoms with Crippen LogP contribution in [-0.4, -0.2) is 28.5 Å². The third-order valence-electron chi connectivity index (χ3n) is 4.52. The minimum atomic E-state index is -0.571. The van der Waals surface area contributed by atoms with E-state index in [0.717, 1.165) is 5.56 Å². The second kappa shape index (κ2) is 7.74. The van der Waals surface area contributed by atoms with Crippen LogP contribution in [0.3, 0.4) is 0 Å². The highest BCUT2D eigenvalue weighted by atomic mass is 16.4. The smallest absolute Gasteiger partial charge is 0.305 e. The average molecular weight is 397 g/mol. The molecule has 29 heavy (non-hydrogen) atoms. The summed E-state index contributed by atoms with van der Waals surface area (Å²) in [5, 5.41) is 7.91. The van der Waals surface area contributed by atoms with E-state index in [1.807, 2.05) is 0 Å². The van der Waals surface area contributed by atoms with Crippen LogP contribution in [-0.2, 0) is 6.42 Å². The van der Waals surface area contributed by atoms with Crippen LogP contribution >= 0.6 is 0 Å². The molecule has 0 spiro atoms. The Morgan fingerprint density at radius 2 is 1.79 bits per heavy atom. The Labute approximate surface area is 167 Å². The van der Waals surface area contributed by atoms with Crippen LogP contribution in [0.1, 0.15) is 58.1 Å². The quantitative estimate of drug-likeness (QED) is 0.343. The van der Waals surface area contributed by atoms with Crippen molar-refractivity contribution in [1.29, 1.82) is 0 Å². The third kappa shape index (κ3) is 4.42. The maximum atomic E-state index is 12.6. The number of amides is 2. The van der Waals surface area contributed by atoms with Gasteiger partial charge in [0.25, 0.3) is 5.91 Å². The molecule has 1 aliphatic rings. The predicted octanol–water partition coefficient (Wildman–Crippen LogP) is 1.01. The number of aromatic nitrogens is 1. The van der Waals surface area contributed by atoms with Gasteiger partial charge in [-0.1, -0.05) is 13.8 Å². The van der Waals surface area contributed by atoms with Crippen LogP contribution in [0.2, 0.25) is 0 Å². The molecule has 0 aliphatic heterocycles. The number of nitrogens with one attached hydrogen (secondary N) is 2. The summed E-state index contributed by atoms with van der Waals surface area (Å²) in [7, 11) is 0. The second-order valence-electron chi connectivity index (χ2n) is 7.59. The zero-order valence-electron chi connectivity index (χ0n) is 16.4. The summed E-state index contributed by atoms with van der Waals surface area (Å²) in [4.78, 5) is 28.6. The van der Waals surface area contributed by atoms with Gasteiger partial charge in [-0.05, 0) is 30.9 Å². The third-order valence-corrected chi connectivity index (χ3v) is 4.52. The van der Waals surface area contributed by atoms with Gasteiger partial charge in [0.15, 0.2) is 5.76 Å². The molecule has 1 aliphatic carbocycles. The molecule has 2 aromatic heterocycles. The van der Waals surface area contributed by atoms with E-state index in [-0.39, 0.29) is 17.1 Å². The molecule has 0 atom stereocenters. The van der Waals surface area contributed by atoms with E-state index in [1.165, 1.54) is 24.5 Å². The highest BCUT2D eigenvalue weighted by Crippen LogP contribution is 2.38. The summed E-state index contributed by atoms with van der Waals surface area (Å²) in [5.74, 6) is -0.460. The van der Waals surface area contributed by atoms with Gasteiger partial charge in [0.1, 0.15) is 5.76 Å². The maximum absolute atomic E-state index is 12.6. The molecular formula is C19H23N7O3. The Hall–Kier alpha value is -3.69. The Morgan fingerprint density at radius 3 is 2.45 bits per heavy atom. The minimum absolute atomic E-state index is 0.0973. The Kier molecular flexibility index (Phi) is 5.35. The van der Waals surface area contributed by atoms with Crippen molar-refractivity contribution in [3.8, 4) is 0 Å². The summed E-state index contributed by atoms with van der Waals surface area (Å²) in [6, 6.07) is 3.07. The van der Waals surface area contributed by atoms with E-state index in [9.17, 15) is 9.59 Å². The lowest BCUT2D eigenvalue weighted by Crippen LogP contribution is -2.41. The molecule has 3 rings (SSSR count). The first-order valence-electron chi connectivity index (χ1n) is 8.97. The SMILES string of the molecule is Cc1c(C(=O)NNC(=O)c2ccncc2)oc2c1/C(=N\N=C(N)N)CC(C)(C)C2. The van der Waals surface area contributed by atoms with Gasteiger partial charge < -0.3 is 15.9 Å². The van der Waals surface area contributed by atoms with E-state index in [0.29, 0.717) is 35.4 Å². The van der Waals surface area contributed by atoms with Crippen LogP contribution in [0.5, 0.6) is 0 Å². The van der Waals surface area contributed by atoms with Crippen molar-refractivity contribution in [2.75, 3.05) is 0 Å². The van der Waals surface area contributed by atoms with Crippen LogP contribution in [0, 0.1) is 12.3 Å². The fourth-order valence-corrected chi connectivity index (χ4v) is 3.28. The van der Waals surface area contributed by atoms with Crippen molar-refractivity contribution in [1.82, 2.24) is 15.8 Å². The Morgan fingerprint density at radius 1 is 1.14 bits per heavy atom. The van der Waals surface area contributed by atoms with Crippen molar-refractivity contribution in [2.45, 2.75) is 33.6 Å². The van der Waals surface area contributed by atoms with Gasteiger partial charge in [-0.25, -0.2) is 0 Å². The lowest BCUT2D eigenvalue weighted by Gasteiger charge is -2.29. The number of fused-ring (bicyclic) bond motifs is 1. The molecule has 10 heteroatoms. The number of rotatable bonds is 3. The molecule has 0 aromatic carbocycles. The summed E-state index contributed by atoms with van der Waals surface area (Å²) in [6.45, 7) is 5.88. The Bertz CT molecular complexity index is 1000. The first-order chi connectivity index (χ1) is 13.7. The van der Waals surface area contributed by atoms with Crippen molar-refractivity contribution >= 4 is 23.5 Å². The van der Waals surface area contributed by atoms with Crippen LogP contribution in [0.4, 0.5) is 0 Å². The van der Waals surface area contributed by atoms with Gasteiger partial charge in [0, 0.05) is 35.5 Å². The molecule has 152 valence electrons. The standard InChI is InChI=1S/C19H23N7O3/c1-10-14-12(23-26-18(20)21)8-19(2,3)9-13(14)29-15(10)17(28)25-24-16(27)11-4-6-22-7-5-11/h4-7H,8-9H2,1-3H3,(H,24,27)(H,25,28)(H4,20,21,26)/b23-12-. The van der Waals surface area contributed by atoms with Gasteiger partial charge in [0.05, 0.1) is 5.71 Å². The van der Waals surface area contributed by atoms with Crippen molar-refractivity contribution in [3.63, 3.8) is 0 Å². The number of carbonyl (C=O) groups excluding carboxylic acids is 2. The molecule has 0 radical (unpaired) electrons. The fraction of sp³-hybridized carbons (Fsp3) is 0.316. The number of hydrazine groups is 1. The lowest BCUT2D eigenvalue weighted by molar-refractivity contribution is 0.0828. The Balaban J connectivity index is 1.85. The van der Waals surface area contributed by atoms with E-state index in [4.69, 9.17) is 15.9 Å². The van der Waals surface area contributed by atoms with Crippen molar-refractivity contribution in [3.05, 3.63) is 52.7 Å². The molecule has 0 unspecified atom stereocenters. The molecule has 6 N–H and O–H groups in total. The molecular weight excluding hydrogens is 374 g/mol. The van der Waals surface area contributed by atoms with Gasteiger partial charge in [-0.2, -0.15) is 5.10 Å². The number of pyridine rings is 1. The molecule has 2 amide bonds. The molecule has 0 bridgehead atoms. The van der Waals surface area contributed by atoms with Crippen LogP contribution < -0.4 is 22.3 Å². The largest absolute Gasteiger partial charge is 0.455 e. The van der Waals surface area contributed by atoms with Crippen molar-refractivity contribution < 1.29 is 14.0 Å². The number of carbonyl (C=O) groups is 2. The molecule has 10 nitrogen and oxygen atoms in total. The molecule has 2 heterocycles. The molecule has 0 saturated carbocycles. The normalized spacial score (nSPS) is 16.0.